The summed E-state index contributed by atoms with van der Waals surface area (Å²) in [6.07, 6.45) is -0.494. The Morgan fingerprint density at radius 1 is 1.06 bits per heavy atom. The second-order valence-electron chi connectivity index (χ2n) is 4.84. The van der Waals surface area contributed by atoms with E-state index in [0.29, 0.717) is 0 Å². The average Bonchev–Trinajstić information content (AvgIpc) is 2.29. The Bertz CT molecular complexity index is 537. The van der Waals surface area contributed by atoms with E-state index >= 15 is 0 Å². The van der Waals surface area contributed by atoms with Gasteiger partial charge >= 0.3 is 0 Å². The Hall–Kier alpha value is -1.74. The zero-order valence-corrected chi connectivity index (χ0v) is 9.99. The third-order valence-electron chi connectivity index (χ3n) is 3.53. The van der Waals surface area contributed by atoms with Crippen LogP contribution in [0.25, 0.3) is 10.8 Å². The molecule has 0 fully saturated rings. The molecule has 1 heterocycles. The highest BCUT2D eigenvalue weighted by Gasteiger charge is 2.33. The summed E-state index contributed by atoms with van der Waals surface area (Å²) < 4.78 is 0. The van der Waals surface area contributed by atoms with E-state index in [4.69, 9.17) is 0 Å². The minimum Gasteiger partial charge on any atom is -0.389 e. The normalized spacial score (nSPS) is 18.3. The fourth-order valence-electron chi connectivity index (χ4n) is 2.35. The SMILES string of the molecule is CC(O)C1(C)Nc2cccc3cccc(c23)N1. The van der Waals surface area contributed by atoms with Gasteiger partial charge in [-0.1, -0.05) is 24.3 Å². The van der Waals surface area contributed by atoms with Crippen molar-refractivity contribution in [3.8, 4) is 0 Å². The molecule has 0 aliphatic carbocycles. The van der Waals surface area contributed by atoms with Gasteiger partial charge in [-0.3, -0.25) is 0 Å². The summed E-state index contributed by atoms with van der Waals surface area (Å²) in [5, 5.41) is 19.0. The molecule has 1 aliphatic heterocycles. The molecule has 2 aromatic rings. The van der Waals surface area contributed by atoms with Gasteiger partial charge in [-0.25, -0.2) is 0 Å². The van der Waals surface area contributed by atoms with Gasteiger partial charge in [0.25, 0.3) is 0 Å². The van der Waals surface area contributed by atoms with E-state index in [9.17, 15) is 5.11 Å². The number of aliphatic hydroxyl groups excluding tert-OH is 1. The van der Waals surface area contributed by atoms with Crippen molar-refractivity contribution in [2.75, 3.05) is 10.6 Å². The van der Waals surface area contributed by atoms with Crippen LogP contribution in [0.2, 0.25) is 0 Å². The first kappa shape index (κ1) is 10.4. The summed E-state index contributed by atoms with van der Waals surface area (Å²) in [4.78, 5) is 0. The van der Waals surface area contributed by atoms with Crippen molar-refractivity contribution < 1.29 is 5.11 Å². The summed E-state index contributed by atoms with van der Waals surface area (Å²) in [7, 11) is 0. The van der Waals surface area contributed by atoms with Gasteiger partial charge < -0.3 is 15.7 Å². The van der Waals surface area contributed by atoms with E-state index < -0.39 is 11.8 Å². The third-order valence-corrected chi connectivity index (χ3v) is 3.53. The molecule has 0 saturated heterocycles. The maximum atomic E-state index is 9.89. The van der Waals surface area contributed by atoms with Gasteiger partial charge in [0.05, 0.1) is 6.10 Å². The number of nitrogens with one attached hydrogen (secondary N) is 2. The van der Waals surface area contributed by atoms with Crippen LogP contribution in [0.15, 0.2) is 36.4 Å². The summed E-state index contributed by atoms with van der Waals surface area (Å²) in [5.74, 6) is 0. The van der Waals surface area contributed by atoms with Crippen LogP contribution in [0.1, 0.15) is 13.8 Å². The van der Waals surface area contributed by atoms with Gasteiger partial charge in [0, 0.05) is 16.8 Å². The number of aliphatic hydroxyl groups is 1. The predicted octanol–water partition coefficient (Wildman–Crippen LogP) is 2.77. The molecule has 1 aliphatic rings. The van der Waals surface area contributed by atoms with Gasteiger partial charge in [0.1, 0.15) is 5.66 Å². The molecule has 1 unspecified atom stereocenters. The lowest BCUT2D eigenvalue weighted by Crippen LogP contribution is -2.53. The number of benzene rings is 2. The van der Waals surface area contributed by atoms with E-state index in [1.54, 1.807) is 6.92 Å². The highest BCUT2D eigenvalue weighted by molar-refractivity contribution is 6.05. The van der Waals surface area contributed by atoms with E-state index in [1.807, 2.05) is 31.2 Å². The summed E-state index contributed by atoms with van der Waals surface area (Å²) in [5.41, 5.74) is 1.61. The van der Waals surface area contributed by atoms with Crippen molar-refractivity contribution in [2.24, 2.45) is 0 Å². The number of hydrogen-bond acceptors (Lipinski definition) is 3. The van der Waals surface area contributed by atoms with Crippen molar-refractivity contribution in [1.82, 2.24) is 0 Å². The quantitative estimate of drug-likeness (QED) is 0.703. The lowest BCUT2D eigenvalue weighted by molar-refractivity contribution is 0.137. The van der Waals surface area contributed by atoms with Crippen LogP contribution in [-0.4, -0.2) is 16.9 Å². The lowest BCUT2D eigenvalue weighted by atomic mass is 9.97. The zero-order chi connectivity index (χ0) is 12.0. The largest absolute Gasteiger partial charge is 0.389 e. The fraction of sp³-hybridized carbons (Fsp3) is 0.286. The highest BCUT2D eigenvalue weighted by atomic mass is 16.3. The van der Waals surface area contributed by atoms with Crippen molar-refractivity contribution in [3.63, 3.8) is 0 Å². The first-order valence-electron chi connectivity index (χ1n) is 5.86. The maximum Gasteiger partial charge on any atom is 0.131 e. The van der Waals surface area contributed by atoms with E-state index in [-0.39, 0.29) is 0 Å². The molecular formula is C14H16N2O. The average molecular weight is 228 g/mol. The van der Waals surface area contributed by atoms with Crippen LogP contribution >= 0.6 is 0 Å². The van der Waals surface area contributed by atoms with Crippen LogP contribution in [0.5, 0.6) is 0 Å². The van der Waals surface area contributed by atoms with Crippen LogP contribution in [0.4, 0.5) is 11.4 Å². The minimum absolute atomic E-state index is 0.494. The molecule has 3 N–H and O–H groups in total. The van der Waals surface area contributed by atoms with E-state index in [1.165, 1.54) is 10.8 Å². The monoisotopic (exact) mass is 228 g/mol. The van der Waals surface area contributed by atoms with E-state index in [2.05, 4.69) is 22.8 Å². The Labute approximate surface area is 100 Å². The van der Waals surface area contributed by atoms with Crippen LogP contribution < -0.4 is 10.6 Å². The molecule has 88 valence electrons. The molecule has 3 heteroatoms. The molecule has 0 saturated carbocycles. The second-order valence-corrected chi connectivity index (χ2v) is 4.84. The molecule has 3 nitrogen and oxygen atoms in total. The van der Waals surface area contributed by atoms with Gasteiger partial charge in [0.2, 0.25) is 0 Å². The van der Waals surface area contributed by atoms with Crippen molar-refractivity contribution >= 4 is 22.1 Å². The van der Waals surface area contributed by atoms with Gasteiger partial charge in [0.15, 0.2) is 0 Å². The van der Waals surface area contributed by atoms with Gasteiger partial charge in [-0.2, -0.15) is 0 Å². The molecular weight excluding hydrogens is 212 g/mol. The van der Waals surface area contributed by atoms with Crippen LogP contribution in [0, 0.1) is 0 Å². The number of hydrogen-bond donors (Lipinski definition) is 3. The maximum absolute atomic E-state index is 9.89. The second kappa shape index (κ2) is 3.37. The fourth-order valence-corrected chi connectivity index (χ4v) is 2.35. The molecule has 0 radical (unpaired) electrons. The highest BCUT2D eigenvalue weighted by Crippen LogP contribution is 2.38. The summed E-state index contributed by atoms with van der Waals surface area (Å²) in [6, 6.07) is 12.3. The molecule has 3 rings (SSSR count). The molecule has 2 aromatic carbocycles. The zero-order valence-electron chi connectivity index (χ0n) is 9.99. The first-order chi connectivity index (χ1) is 8.10. The Balaban J connectivity index is 2.24. The van der Waals surface area contributed by atoms with Gasteiger partial charge in [-0.15, -0.1) is 0 Å². The predicted molar refractivity (Wildman–Crippen MR) is 71.3 cm³/mol. The Kier molecular flexibility index (Phi) is 2.07. The lowest BCUT2D eigenvalue weighted by Gasteiger charge is -2.40. The smallest absolute Gasteiger partial charge is 0.131 e. The standard InChI is InChI=1S/C14H16N2O/c1-9(17)14(2)15-11-7-3-5-10-6-4-8-12(16-14)13(10)11/h3-9,15-17H,1-2H3. The topological polar surface area (TPSA) is 44.3 Å². The summed E-state index contributed by atoms with van der Waals surface area (Å²) in [6.45, 7) is 3.75. The molecule has 17 heavy (non-hydrogen) atoms. The molecule has 0 aromatic heterocycles. The number of rotatable bonds is 1. The summed E-state index contributed by atoms with van der Waals surface area (Å²) >= 11 is 0. The van der Waals surface area contributed by atoms with Gasteiger partial charge in [-0.05, 0) is 31.4 Å². The van der Waals surface area contributed by atoms with Crippen LogP contribution in [0.3, 0.4) is 0 Å². The molecule has 0 amide bonds. The van der Waals surface area contributed by atoms with Crippen molar-refractivity contribution in [1.29, 1.82) is 0 Å². The Morgan fingerprint density at radius 3 is 2.06 bits per heavy atom. The third kappa shape index (κ3) is 1.46. The first-order valence-corrected chi connectivity index (χ1v) is 5.86. The Morgan fingerprint density at radius 2 is 1.59 bits per heavy atom. The molecule has 0 spiro atoms. The van der Waals surface area contributed by atoms with Crippen molar-refractivity contribution in [2.45, 2.75) is 25.6 Å². The molecule has 1 atom stereocenters. The number of anilines is 2. The van der Waals surface area contributed by atoms with Crippen LogP contribution in [-0.2, 0) is 0 Å². The minimum atomic E-state index is -0.525. The molecule has 0 bridgehead atoms. The van der Waals surface area contributed by atoms with E-state index in [0.717, 1.165) is 11.4 Å². The van der Waals surface area contributed by atoms with Crippen molar-refractivity contribution in [3.05, 3.63) is 36.4 Å².